The van der Waals surface area contributed by atoms with Crippen LogP contribution in [0.3, 0.4) is 0 Å². The lowest BCUT2D eigenvalue weighted by atomic mass is 9.97. The molecule has 0 spiro atoms. The number of hydrogen-bond acceptors (Lipinski definition) is 4. The smallest absolute Gasteiger partial charge is 0.253 e. The maximum absolute atomic E-state index is 12.7. The molecule has 2 saturated heterocycles. The van der Waals surface area contributed by atoms with Crippen molar-refractivity contribution in [3.05, 3.63) is 29.8 Å². The van der Waals surface area contributed by atoms with Gasteiger partial charge < -0.3 is 20.2 Å². The van der Waals surface area contributed by atoms with Crippen LogP contribution in [0, 0.1) is 5.92 Å². The third-order valence-corrected chi connectivity index (χ3v) is 5.24. The Morgan fingerprint density at radius 3 is 2.38 bits per heavy atom. The highest BCUT2D eigenvalue weighted by molar-refractivity contribution is 5.94. The van der Waals surface area contributed by atoms with Gasteiger partial charge in [-0.05, 0) is 69.5 Å². The predicted molar refractivity (Wildman–Crippen MR) is 111 cm³/mol. The van der Waals surface area contributed by atoms with E-state index in [2.05, 4.69) is 10.2 Å². The van der Waals surface area contributed by atoms with Gasteiger partial charge in [0.05, 0.1) is 6.10 Å². The molecule has 5 nitrogen and oxygen atoms in total. The highest BCUT2D eigenvalue weighted by atomic mass is 35.5. The van der Waals surface area contributed by atoms with Crippen molar-refractivity contribution in [3.63, 3.8) is 0 Å². The van der Waals surface area contributed by atoms with Gasteiger partial charge in [-0.3, -0.25) is 4.79 Å². The molecule has 7 heteroatoms. The maximum atomic E-state index is 12.7. The number of nitrogens with zero attached hydrogens (tertiary/aromatic N) is 2. The second-order valence-electron chi connectivity index (χ2n) is 7.08. The minimum Gasteiger partial charge on any atom is -0.393 e. The molecule has 2 N–H and O–H groups in total. The summed E-state index contributed by atoms with van der Waals surface area (Å²) in [6.07, 6.45) is 3.77. The van der Waals surface area contributed by atoms with E-state index in [9.17, 15) is 9.90 Å². The van der Waals surface area contributed by atoms with Crippen LogP contribution in [0.4, 0.5) is 5.69 Å². The van der Waals surface area contributed by atoms with E-state index in [0.717, 1.165) is 63.2 Å². The SMILES string of the molecule is CNCC1CCCN(C(=O)c2ccc(N3CCC(O)CC3)cc2)C1.Cl.Cl. The predicted octanol–water partition coefficient (Wildman–Crippen LogP) is 2.56. The van der Waals surface area contributed by atoms with E-state index >= 15 is 0 Å². The van der Waals surface area contributed by atoms with Crippen molar-refractivity contribution in [3.8, 4) is 0 Å². The number of nitrogens with one attached hydrogen (secondary N) is 1. The number of halogens is 2. The molecule has 148 valence electrons. The standard InChI is InChI=1S/C19H29N3O2.2ClH/c1-20-13-15-3-2-10-22(14-15)19(24)16-4-6-17(7-5-16)21-11-8-18(23)9-12-21;;/h4-7,15,18,20,23H,2-3,8-14H2,1H3;2*1H. The van der Waals surface area contributed by atoms with Crippen LogP contribution >= 0.6 is 24.8 Å². The van der Waals surface area contributed by atoms with Gasteiger partial charge in [0.2, 0.25) is 0 Å². The fraction of sp³-hybridized carbons (Fsp3) is 0.632. The van der Waals surface area contributed by atoms with Crippen LogP contribution in [-0.2, 0) is 0 Å². The van der Waals surface area contributed by atoms with E-state index in [1.54, 1.807) is 0 Å². The first-order chi connectivity index (χ1) is 11.7. The molecule has 2 aliphatic heterocycles. The van der Waals surface area contributed by atoms with E-state index in [1.165, 1.54) is 6.42 Å². The fourth-order valence-corrected chi connectivity index (χ4v) is 3.83. The number of carbonyl (C=O) groups is 1. The Balaban J connectivity index is 0.00000169. The molecule has 1 atom stereocenters. The first-order valence-corrected chi connectivity index (χ1v) is 9.14. The zero-order valence-corrected chi connectivity index (χ0v) is 17.0. The summed E-state index contributed by atoms with van der Waals surface area (Å²) in [4.78, 5) is 17.0. The molecular weight excluding hydrogens is 373 g/mol. The number of aliphatic hydroxyl groups excluding tert-OH is 1. The first-order valence-electron chi connectivity index (χ1n) is 9.14. The minimum absolute atomic E-state index is 0. The van der Waals surface area contributed by atoms with Gasteiger partial charge in [-0.1, -0.05) is 0 Å². The van der Waals surface area contributed by atoms with E-state index < -0.39 is 0 Å². The van der Waals surface area contributed by atoms with Crippen molar-refractivity contribution in [2.24, 2.45) is 5.92 Å². The van der Waals surface area contributed by atoms with Crippen molar-refractivity contribution >= 4 is 36.4 Å². The molecule has 1 amide bonds. The van der Waals surface area contributed by atoms with Crippen molar-refractivity contribution in [2.75, 3.05) is 44.7 Å². The number of amides is 1. The van der Waals surface area contributed by atoms with Gasteiger partial charge in [0, 0.05) is 37.4 Å². The number of aliphatic hydroxyl groups is 1. The molecule has 3 rings (SSSR count). The van der Waals surface area contributed by atoms with E-state index in [-0.39, 0.29) is 36.8 Å². The lowest BCUT2D eigenvalue weighted by Crippen LogP contribution is -2.42. The summed E-state index contributed by atoms with van der Waals surface area (Å²) in [5, 5.41) is 12.8. The summed E-state index contributed by atoms with van der Waals surface area (Å²) in [7, 11) is 1.97. The first kappa shape index (κ1) is 23.0. The van der Waals surface area contributed by atoms with Gasteiger partial charge in [0.1, 0.15) is 0 Å². The molecule has 0 radical (unpaired) electrons. The minimum atomic E-state index is -0.160. The van der Waals surface area contributed by atoms with E-state index in [4.69, 9.17) is 0 Å². The number of benzene rings is 1. The van der Waals surface area contributed by atoms with Crippen molar-refractivity contribution < 1.29 is 9.90 Å². The number of carbonyl (C=O) groups excluding carboxylic acids is 1. The van der Waals surface area contributed by atoms with Gasteiger partial charge in [-0.15, -0.1) is 24.8 Å². The van der Waals surface area contributed by atoms with Crippen LogP contribution in [0.25, 0.3) is 0 Å². The van der Waals surface area contributed by atoms with Crippen molar-refractivity contribution in [1.29, 1.82) is 0 Å². The monoisotopic (exact) mass is 403 g/mol. The molecular formula is C19H31Cl2N3O2. The van der Waals surface area contributed by atoms with Crippen molar-refractivity contribution in [1.82, 2.24) is 10.2 Å². The van der Waals surface area contributed by atoms with Crippen LogP contribution in [0.1, 0.15) is 36.0 Å². The molecule has 26 heavy (non-hydrogen) atoms. The summed E-state index contributed by atoms with van der Waals surface area (Å²) in [6.45, 7) is 4.46. The molecule has 2 heterocycles. The Hall–Kier alpha value is -1.01. The maximum Gasteiger partial charge on any atom is 0.253 e. The largest absolute Gasteiger partial charge is 0.393 e. The number of likely N-dealkylation sites (tertiary alicyclic amines) is 1. The highest BCUT2D eigenvalue weighted by Gasteiger charge is 2.24. The molecule has 2 fully saturated rings. The Morgan fingerprint density at radius 2 is 1.77 bits per heavy atom. The van der Waals surface area contributed by atoms with Crippen LogP contribution in [-0.4, -0.2) is 61.8 Å². The normalized spacial score (nSPS) is 20.9. The molecule has 0 aliphatic carbocycles. The quantitative estimate of drug-likeness (QED) is 0.810. The van der Waals surface area contributed by atoms with Gasteiger partial charge in [0.25, 0.3) is 5.91 Å². The Bertz CT molecular complexity index is 546. The van der Waals surface area contributed by atoms with Crippen LogP contribution in [0.2, 0.25) is 0 Å². The topological polar surface area (TPSA) is 55.8 Å². The summed E-state index contributed by atoms with van der Waals surface area (Å²) in [5.41, 5.74) is 1.92. The summed E-state index contributed by atoms with van der Waals surface area (Å²) >= 11 is 0. The summed E-state index contributed by atoms with van der Waals surface area (Å²) in [6, 6.07) is 7.98. The second-order valence-corrected chi connectivity index (χ2v) is 7.08. The second kappa shape index (κ2) is 11.0. The third kappa shape index (κ3) is 5.74. The number of rotatable bonds is 4. The molecule has 0 bridgehead atoms. The third-order valence-electron chi connectivity index (χ3n) is 5.24. The Kier molecular flexibility index (Phi) is 9.72. The van der Waals surface area contributed by atoms with Gasteiger partial charge in [-0.2, -0.15) is 0 Å². The average molecular weight is 404 g/mol. The molecule has 1 aromatic carbocycles. The van der Waals surface area contributed by atoms with Crippen LogP contribution in [0.5, 0.6) is 0 Å². The highest BCUT2D eigenvalue weighted by Crippen LogP contribution is 2.22. The molecule has 0 aromatic heterocycles. The molecule has 1 unspecified atom stereocenters. The lowest BCUT2D eigenvalue weighted by molar-refractivity contribution is 0.0674. The molecule has 1 aromatic rings. The van der Waals surface area contributed by atoms with Crippen molar-refractivity contribution in [2.45, 2.75) is 31.8 Å². The molecule has 2 aliphatic rings. The van der Waals surface area contributed by atoms with Gasteiger partial charge in [0.15, 0.2) is 0 Å². The number of hydrogen-bond donors (Lipinski definition) is 2. The average Bonchev–Trinajstić information content (AvgIpc) is 2.62. The number of piperidine rings is 2. The molecule has 0 saturated carbocycles. The number of anilines is 1. The zero-order valence-electron chi connectivity index (χ0n) is 15.4. The van der Waals surface area contributed by atoms with E-state index in [0.29, 0.717) is 5.92 Å². The van der Waals surface area contributed by atoms with Gasteiger partial charge in [-0.25, -0.2) is 0 Å². The fourth-order valence-electron chi connectivity index (χ4n) is 3.83. The Morgan fingerprint density at radius 1 is 1.12 bits per heavy atom. The van der Waals surface area contributed by atoms with Crippen LogP contribution < -0.4 is 10.2 Å². The Labute approximate surface area is 168 Å². The lowest BCUT2D eigenvalue weighted by Gasteiger charge is -2.33. The summed E-state index contributed by atoms with van der Waals surface area (Å²) in [5.74, 6) is 0.711. The zero-order chi connectivity index (χ0) is 16.9. The van der Waals surface area contributed by atoms with Crippen LogP contribution in [0.15, 0.2) is 24.3 Å². The van der Waals surface area contributed by atoms with E-state index in [1.807, 2.05) is 36.2 Å². The van der Waals surface area contributed by atoms with Gasteiger partial charge >= 0.3 is 0 Å². The summed E-state index contributed by atoms with van der Waals surface area (Å²) < 4.78 is 0.